The number of hydrogen-bond acceptors (Lipinski definition) is 1. The molecule has 0 aromatic heterocycles. The van der Waals surface area contributed by atoms with Crippen LogP contribution in [0.2, 0.25) is 3.93 Å². The van der Waals surface area contributed by atoms with Crippen LogP contribution < -0.4 is 0 Å². The SMILES string of the molecule is CCCCCCCCCCCCCCCC[CH]([Sn])C(=O)O. The molecule has 0 aliphatic heterocycles. The van der Waals surface area contributed by atoms with Crippen LogP contribution >= 0.6 is 0 Å². The Hall–Kier alpha value is 0.269. The van der Waals surface area contributed by atoms with E-state index in [-0.39, 0.29) is 3.93 Å². The van der Waals surface area contributed by atoms with Crippen molar-refractivity contribution in [3.05, 3.63) is 0 Å². The summed E-state index contributed by atoms with van der Waals surface area (Å²) in [6.45, 7) is 2.27. The molecule has 0 amide bonds. The average molecular weight is 402 g/mol. The van der Waals surface area contributed by atoms with Crippen molar-refractivity contribution in [3.8, 4) is 0 Å². The van der Waals surface area contributed by atoms with Gasteiger partial charge in [-0.25, -0.2) is 0 Å². The predicted octanol–water partition coefficient (Wildman–Crippen LogP) is 5.90. The first-order valence-corrected chi connectivity index (χ1v) is 10.8. The fourth-order valence-electron chi connectivity index (χ4n) is 2.67. The molecule has 2 nitrogen and oxygen atoms in total. The third-order valence-electron chi connectivity index (χ3n) is 4.14. The van der Waals surface area contributed by atoms with Crippen LogP contribution in [0, 0.1) is 0 Å². The number of unbranched alkanes of at least 4 members (excludes halogenated alkanes) is 13. The monoisotopic (exact) mass is 403 g/mol. The molecule has 0 saturated carbocycles. The van der Waals surface area contributed by atoms with Gasteiger partial charge in [0.2, 0.25) is 0 Å². The molecule has 1 atom stereocenters. The van der Waals surface area contributed by atoms with E-state index in [1.165, 1.54) is 83.5 Å². The van der Waals surface area contributed by atoms with E-state index in [1.807, 2.05) is 0 Å². The van der Waals surface area contributed by atoms with Crippen molar-refractivity contribution < 1.29 is 9.90 Å². The molecular weight excluding hydrogens is 367 g/mol. The van der Waals surface area contributed by atoms with Crippen LogP contribution in [-0.2, 0) is 4.79 Å². The summed E-state index contributed by atoms with van der Waals surface area (Å²) in [4.78, 5) is 10.7. The van der Waals surface area contributed by atoms with Crippen molar-refractivity contribution in [1.82, 2.24) is 0 Å². The van der Waals surface area contributed by atoms with E-state index in [0.29, 0.717) is 0 Å². The second kappa shape index (κ2) is 16.6. The molecule has 1 N–H and O–H groups in total. The van der Waals surface area contributed by atoms with Crippen molar-refractivity contribution in [2.45, 2.75) is 107 Å². The Bertz CT molecular complexity index is 231. The van der Waals surface area contributed by atoms with Crippen molar-refractivity contribution in [2.24, 2.45) is 0 Å². The molecule has 1 unspecified atom stereocenters. The summed E-state index contributed by atoms with van der Waals surface area (Å²) in [5.41, 5.74) is 0. The molecule has 3 heteroatoms. The molecule has 0 rings (SSSR count). The summed E-state index contributed by atoms with van der Waals surface area (Å²) in [5.74, 6) is -0.608. The van der Waals surface area contributed by atoms with Crippen LogP contribution in [0.3, 0.4) is 0 Å². The number of carboxylic acids is 1. The molecule has 3 radical (unpaired) electrons. The predicted molar refractivity (Wildman–Crippen MR) is 92.1 cm³/mol. The second-order valence-corrected chi connectivity index (χ2v) is 8.26. The Morgan fingerprint density at radius 3 is 1.43 bits per heavy atom. The standard InChI is InChI=1S/C18H35O2.Sn/c1-2-3-4-5-6-7-8-9-10-11-12-13-14-15-16-17-18(19)20;/h17H,2-16H2,1H3,(H,19,20);. The quantitative estimate of drug-likeness (QED) is 0.258. The zero-order valence-corrected chi connectivity index (χ0v) is 16.9. The Labute approximate surface area is 145 Å². The minimum atomic E-state index is -0.608. The van der Waals surface area contributed by atoms with Gasteiger partial charge in [-0.2, -0.15) is 0 Å². The molecule has 0 fully saturated rings. The first kappa shape index (κ1) is 21.3. The topological polar surface area (TPSA) is 37.3 Å². The Morgan fingerprint density at radius 1 is 0.762 bits per heavy atom. The van der Waals surface area contributed by atoms with Gasteiger partial charge >= 0.3 is 113 Å². The molecular formula is C18H35O2Sn. The van der Waals surface area contributed by atoms with Gasteiger partial charge in [-0.05, 0) is 0 Å². The molecule has 21 heavy (non-hydrogen) atoms. The summed E-state index contributed by atoms with van der Waals surface area (Å²) >= 11 is 1.15. The number of carbonyl (C=O) groups is 1. The maximum absolute atomic E-state index is 10.7. The fraction of sp³-hybridized carbons (Fsp3) is 0.944. The fourth-order valence-corrected chi connectivity index (χ4v) is 3.25. The van der Waals surface area contributed by atoms with Gasteiger partial charge in [0, 0.05) is 0 Å². The number of rotatable bonds is 16. The van der Waals surface area contributed by atoms with Crippen LogP contribution in [0.25, 0.3) is 0 Å². The first-order chi connectivity index (χ1) is 10.2. The van der Waals surface area contributed by atoms with E-state index < -0.39 is 5.97 Å². The van der Waals surface area contributed by atoms with E-state index in [0.717, 1.165) is 35.4 Å². The van der Waals surface area contributed by atoms with Gasteiger partial charge in [-0.15, -0.1) is 0 Å². The van der Waals surface area contributed by atoms with E-state index in [2.05, 4.69) is 6.92 Å². The summed E-state index contributed by atoms with van der Waals surface area (Å²) in [6, 6.07) is 0. The number of aliphatic carboxylic acids is 1. The second-order valence-electron chi connectivity index (χ2n) is 6.28. The summed E-state index contributed by atoms with van der Waals surface area (Å²) in [5, 5.41) is 8.81. The van der Waals surface area contributed by atoms with Gasteiger partial charge in [0.25, 0.3) is 0 Å². The summed E-state index contributed by atoms with van der Waals surface area (Å²) < 4.78 is -0.0745. The number of hydrogen-bond donors (Lipinski definition) is 1. The third-order valence-corrected chi connectivity index (χ3v) is 5.67. The van der Waals surface area contributed by atoms with Crippen molar-refractivity contribution in [3.63, 3.8) is 0 Å². The van der Waals surface area contributed by atoms with Gasteiger partial charge in [0.1, 0.15) is 0 Å². The third kappa shape index (κ3) is 16.5. The molecule has 0 saturated heterocycles. The molecule has 0 aliphatic carbocycles. The Balaban J connectivity index is 3.04. The molecule has 0 aliphatic rings. The molecule has 123 valence electrons. The van der Waals surface area contributed by atoms with Crippen LogP contribution in [0.15, 0.2) is 0 Å². The van der Waals surface area contributed by atoms with Crippen LogP contribution in [-0.4, -0.2) is 33.6 Å². The van der Waals surface area contributed by atoms with Crippen molar-refractivity contribution in [2.75, 3.05) is 0 Å². The number of carboxylic acid groups (broad SMARTS) is 1. The van der Waals surface area contributed by atoms with Gasteiger partial charge < -0.3 is 0 Å². The van der Waals surface area contributed by atoms with E-state index in [9.17, 15) is 4.79 Å². The maximum atomic E-state index is 10.7. The van der Waals surface area contributed by atoms with Gasteiger partial charge in [0.05, 0.1) is 0 Å². The molecule has 0 heterocycles. The Morgan fingerprint density at radius 2 is 1.10 bits per heavy atom. The van der Waals surface area contributed by atoms with Crippen LogP contribution in [0.4, 0.5) is 0 Å². The first-order valence-electron chi connectivity index (χ1n) is 9.12. The zero-order chi connectivity index (χ0) is 15.8. The minimum absolute atomic E-state index is 0.0745. The van der Waals surface area contributed by atoms with Gasteiger partial charge in [0.15, 0.2) is 0 Å². The van der Waals surface area contributed by atoms with Crippen molar-refractivity contribution in [1.29, 1.82) is 0 Å². The van der Waals surface area contributed by atoms with E-state index >= 15 is 0 Å². The van der Waals surface area contributed by atoms with Gasteiger partial charge in [-0.3, -0.25) is 0 Å². The zero-order valence-electron chi connectivity index (χ0n) is 14.0. The molecule has 0 aromatic carbocycles. The van der Waals surface area contributed by atoms with Crippen LogP contribution in [0.1, 0.15) is 103 Å². The molecule has 0 spiro atoms. The normalized spacial score (nSPS) is 12.5. The average Bonchev–Trinajstić information content (AvgIpc) is 2.47. The van der Waals surface area contributed by atoms with Crippen LogP contribution in [0.5, 0.6) is 0 Å². The molecule has 0 bridgehead atoms. The Kier molecular flexibility index (Phi) is 16.8. The summed E-state index contributed by atoms with van der Waals surface area (Å²) in [6.07, 6.45) is 19.9. The van der Waals surface area contributed by atoms with E-state index in [1.54, 1.807) is 0 Å². The van der Waals surface area contributed by atoms with E-state index in [4.69, 9.17) is 5.11 Å². The van der Waals surface area contributed by atoms with Gasteiger partial charge in [-0.1, -0.05) is 32.6 Å². The summed E-state index contributed by atoms with van der Waals surface area (Å²) in [7, 11) is 0. The van der Waals surface area contributed by atoms with Crippen molar-refractivity contribution >= 4 is 28.5 Å². The molecule has 0 aromatic rings.